The van der Waals surface area contributed by atoms with Gasteiger partial charge in [0.2, 0.25) is 0 Å². The number of ether oxygens (including phenoxy) is 1. The van der Waals surface area contributed by atoms with Gasteiger partial charge < -0.3 is 9.64 Å². The molecule has 0 saturated carbocycles. The second-order valence-electron chi connectivity index (χ2n) is 4.49. The molecule has 0 atom stereocenters. The number of rotatable bonds is 3. The summed E-state index contributed by atoms with van der Waals surface area (Å²) in [5.74, 6) is 7.68. The molecule has 0 spiro atoms. The van der Waals surface area contributed by atoms with E-state index in [-0.39, 0.29) is 0 Å². The van der Waals surface area contributed by atoms with E-state index in [2.05, 4.69) is 42.7 Å². The van der Waals surface area contributed by atoms with E-state index in [0.717, 1.165) is 23.5 Å². The van der Waals surface area contributed by atoms with Crippen molar-refractivity contribution in [3.8, 4) is 17.6 Å². The summed E-state index contributed by atoms with van der Waals surface area (Å²) in [5, 5.41) is 0. The zero-order valence-corrected chi connectivity index (χ0v) is 13.4. The molecule has 2 heteroatoms. The molecule has 0 bridgehead atoms. The Kier molecular flexibility index (Phi) is 8.53. The fourth-order valence-corrected chi connectivity index (χ4v) is 1.51. The summed E-state index contributed by atoms with van der Waals surface area (Å²) in [6.45, 7) is 11.0. The highest BCUT2D eigenvalue weighted by molar-refractivity contribution is 5.53. The van der Waals surface area contributed by atoms with Gasteiger partial charge in [-0.3, -0.25) is 0 Å². The molecule has 1 aromatic rings. The summed E-state index contributed by atoms with van der Waals surface area (Å²) in [5.41, 5.74) is 2.28. The van der Waals surface area contributed by atoms with Crippen LogP contribution in [-0.2, 0) is 0 Å². The lowest BCUT2D eigenvalue weighted by molar-refractivity contribution is 0.412. The molecule has 0 aliphatic heterocycles. The highest BCUT2D eigenvalue weighted by atomic mass is 16.5. The van der Waals surface area contributed by atoms with E-state index in [1.54, 1.807) is 7.11 Å². The fraction of sp³-hybridized carbons (Fsp3) is 0.529. The highest BCUT2D eigenvalue weighted by Crippen LogP contribution is 2.23. The van der Waals surface area contributed by atoms with Crippen molar-refractivity contribution in [1.29, 1.82) is 0 Å². The number of methoxy groups -OCH3 is 1. The van der Waals surface area contributed by atoms with E-state index in [4.69, 9.17) is 4.74 Å². The second kappa shape index (κ2) is 9.33. The molecule has 0 aromatic heterocycles. The first-order chi connectivity index (χ1) is 9.04. The molecule has 1 aromatic carbocycles. The third kappa shape index (κ3) is 6.20. The number of hydrogen-bond acceptors (Lipinski definition) is 2. The smallest absolute Gasteiger partial charge is 0.123 e. The number of hydrogen-bond donors (Lipinski definition) is 0. The first-order valence-electron chi connectivity index (χ1n) is 6.88. The zero-order valence-electron chi connectivity index (χ0n) is 13.4. The van der Waals surface area contributed by atoms with Gasteiger partial charge in [-0.2, -0.15) is 0 Å². The van der Waals surface area contributed by atoms with Crippen molar-refractivity contribution in [2.45, 2.75) is 34.6 Å². The summed E-state index contributed by atoms with van der Waals surface area (Å²) in [6.07, 6.45) is 0. The van der Waals surface area contributed by atoms with Gasteiger partial charge in [0.1, 0.15) is 5.75 Å². The molecule has 0 radical (unpaired) electrons. The zero-order chi connectivity index (χ0) is 14.8. The van der Waals surface area contributed by atoms with Crippen LogP contribution in [0.3, 0.4) is 0 Å². The molecule has 0 N–H and O–H groups in total. The summed E-state index contributed by atoms with van der Waals surface area (Å²) >= 11 is 0. The Balaban J connectivity index is 0.00000154. The quantitative estimate of drug-likeness (QED) is 0.759. The van der Waals surface area contributed by atoms with Crippen LogP contribution in [0, 0.1) is 24.7 Å². The Morgan fingerprint density at radius 3 is 2.42 bits per heavy atom. The van der Waals surface area contributed by atoms with Crippen LogP contribution < -0.4 is 9.64 Å². The minimum absolute atomic E-state index is 0.427. The van der Waals surface area contributed by atoms with Gasteiger partial charge in [-0.1, -0.05) is 45.6 Å². The number of nitrogens with zero attached hydrogens (tertiary/aromatic N) is 1. The molecule has 0 amide bonds. The Hall–Kier alpha value is -1.62. The molecular weight excluding hydrogens is 234 g/mol. The molecule has 0 unspecified atom stereocenters. The first-order valence-corrected chi connectivity index (χ1v) is 6.88. The Labute approximate surface area is 118 Å². The highest BCUT2D eigenvalue weighted by Gasteiger charge is 2.03. The molecule has 19 heavy (non-hydrogen) atoms. The Morgan fingerprint density at radius 1 is 1.26 bits per heavy atom. The van der Waals surface area contributed by atoms with E-state index in [1.807, 2.05) is 33.9 Å². The average Bonchev–Trinajstić information content (AvgIpc) is 2.41. The van der Waals surface area contributed by atoms with Crippen LogP contribution in [0.1, 0.15) is 33.3 Å². The predicted molar refractivity (Wildman–Crippen MR) is 85.0 cm³/mol. The molecule has 1 rings (SSSR count). The standard InChI is InChI=1S/C15H21NO.C2H6/c1-12(2)7-6-10-16(4)14-9-8-13(3)15(11-14)17-5;1-2/h8-9,11-12H,10H2,1-5H3;1-2H3. The lowest BCUT2D eigenvalue weighted by atomic mass is 10.2. The number of benzene rings is 1. The second-order valence-corrected chi connectivity index (χ2v) is 4.49. The average molecular weight is 261 g/mol. The summed E-state index contributed by atoms with van der Waals surface area (Å²) < 4.78 is 5.32. The van der Waals surface area contributed by atoms with E-state index in [1.165, 1.54) is 0 Å². The van der Waals surface area contributed by atoms with Gasteiger partial charge >= 0.3 is 0 Å². The van der Waals surface area contributed by atoms with Gasteiger partial charge in [0, 0.05) is 24.7 Å². The largest absolute Gasteiger partial charge is 0.496 e. The number of aryl methyl sites for hydroxylation is 1. The van der Waals surface area contributed by atoms with Crippen LogP contribution in [0.2, 0.25) is 0 Å². The minimum Gasteiger partial charge on any atom is -0.496 e. The Morgan fingerprint density at radius 2 is 1.89 bits per heavy atom. The van der Waals surface area contributed by atoms with Crippen LogP contribution in [0.15, 0.2) is 18.2 Å². The SMILES string of the molecule is CC.COc1cc(N(C)CC#CC(C)C)ccc1C. The van der Waals surface area contributed by atoms with Crippen molar-refractivity contribution in [2.75, 3.05) is 25.6 Å². The topological polar surface area (TPSA) is 12.5 Å². The van der Waals surface area contributed by atoms with Gasteiger partial charge in [-0.15, -0.1) is 0 Å². The predicted octanol–water partition coefficient (Wildman–Crippen LogP) is 4.13. The lowest BCUT2D eigenvalue weighted by Gasteiger charge is -2.17. The van der Waals surface area contributed by atoms with Crippen molar-refractivity contribution in [2.24, 2.45) is 5.92 Å². The fourth-order valence-electron chi connectivity index (χ4n) is 1.51. The maximum atomic E-state index is 5.32. The van der Waals surface area contributed by atoms with Gasteiger partial charge in [0.25, 0.3) is 0 Å². The molecular formula is C17H27NO. The van der Waals surface area contributed by atoms with Crippen molar-refractivity contribution in [3.63, 3.8) is 0 Å². The molecule has 0 heterocycles. The van der Waals surface area contributed by atoms with Crippen LogP contribution in [0.4, 0.5) is 5.69 Å². The van der Waals surface area contributed by atoms with E-state index >= 15 is 0 Å². The third-order valence-corrected chi connectivity index (χ3v) is 2.54. The molecule has 0 aliphatic carbocycles. The van der Waals surface area contributed by atoms with Gasteiger partial charge in [-0.05, 0) is 18.6 Å². The lowest BCUT2D eigenvalue weighted by Crippen LogP contribution is -2.17. The molecule has 106 valence electrons. The summed E-state index contributed by atoms with van der Waals surface area (Å²) in [7, 11) is 3.74. The summed E-state index contributed by atoms with van der Waals surface area (Å²) in [6, 6.07) is 6.21. The number of anilines is 1. The summed E-state index contributed by atoms with van der Waals surface area (Å²) in [4.78, 5) is 2.12. The first kappa shape index (κ1) is 17.4. The van der Waals surface area contributed by atoms with E-state index in [0.29, 0.717) is 5.92 Å². The molecule has 0 saturated heterocycles. The minimum atomic E-state index is 0.427. The van der Waals surface area contributed by atoms with Gasteiger partial charge in [-0.25, -0.2) is 0 Å². The third-order valence-electron chi connectivity index (χ3n) is 2.54. The van der Waals surface area contributed by atoms with Crippen molar-refractivity contribution in [3.05, 3.63) is 23.8 Å². The van der Waals surface area contributed by atoms with Crippen LogP contribution >= 0.6 is 0 Å². The van der Waals surface area contributed by atoms with Crippen molar-refractivity contribution in [1.82, 2.24) is 0 Å². The Bertz CT molecular complexity index is 427. The van der Waals surface area contributed by atoms with Crippen LogP contribution in [-0.4, -0.2) is 20.7 Å². The maximum absolute atomic E-state index is 5.32. The maximum Gasteiger partial charge on any atom is 0.123 e. The van der Waals surface area contributed by atoms with Gasteiger partial charge in [0.05, 0.1) is 13.7 Å². The van der Waals surface area contributed by atoms with Crippen LogP contribution in [0.25, 0.3) is 0 Å². The van der Waals surface area contributed by atoms with E-state index in [9.17, 15) is 0 Å². The van der Waals surface area contributed by atoms with Crippen molar-refractivity contribution >= 4 is 5.69 Å². The van der Waals surface area contributed by atoms with Crippen LogP contribution in [0.5, 0.6) is 5.75 Å². The molecule has 0 aliphatic rings. The van der Waals surface area contributed by atoms with Gasteiger partial charge in [0.15, 0.2) is 0 Å². The van der Waals surface area contributed by atoms with E-state index < -0.39 is 0 Å². The van der Waals surface area contributed by atoms with Crippen molar-refractivity contribution < 1.29 is 4.74 Å². The molecule has 2 nitrogen and oxygen atoms in total. The molecule has 0 fully saturated rings. The normalized spacial score (nSPS) is 9.05. The monoisotopic (exact) mass is 261 g/mol.